The second-order valence-electron chi connectivity index (χ2n) is 7.09. The zero-order valence-corrected chi connectivity index (χ0v) is 22.9. The molecule has 168 valence electrons. The molecule has 0 heterocycles. The summed E-state index contributed by atoms with van der Waals surface area (Å²) in [5.41, 5.74) is 2.55. The highest BCUT2D eigenvalue weighted by molar-refractivity contribution is 8.16. The minimum Gasteiger partial charge on any atom is -0.175 e. The lowest BCUT2D eigenvalue weighted by Crippen LogP contribution is -1.83. The van der Waals surface area contributed by atoms with Crippen molar-refractivity contribution in [2.24, 2.45) is 0 Å². The smallest absolute Gasteiger partial charge is 0.0486 e. The van der Waals surface area contributed by atoms with E-state index in [1.807, 2.05) is 23.5 Å². The van der Waals surface area contributed by atoms with Crippen molar-refractivity contribution in [2.45, 2.75) is 40.9 Å². The van der Waals surface area contributed by atoms with E-state index >= 15 is 0 Å². The molecule has 0 atom stereocenters. The fourth-order valence-electron chi connectivity index (χ4n) is 3.10. The van der Waals surface area contributed by atoms with Gasteiger partial charge in [-0.2, -0.15) is 25.3 Å². The van der Waals surface area contributed by atoms with Crippen LogP contribution in [0.25, 0.3) is 0 Å². The lowest BCUT2D eigenvalue weighted by Gasteiger charge is -2.08. The number of hydrogen-bond donors (Lipinski definition) is 2. The molecule has 0 radical (unpaired) electrons. The summed E-state index contributed by atoms with van der Waals surface area (Å²) in [5, 5.41) is 0.990. The molecule has 4 aromatic rings. The Balaban J connectivity index is 1.27. The van der Waals surface area contributed by atoms with Crippen LogP contribution in [0.3, 0.4) is 0 Å². The molecule has 33 heavy (non-hydrogen) atoms. The van der Waals surface area contributed by atoms with E-state index in [2.05, 4.69) is 122 Å². The van der Waals surface area contributed by atoms with Gasteiger partial charge in [-0.3, -0.25) is 0 Å². The molecule has 6 heteroatoms. The number of hydrogen-bond acceptors (Lipinski definition) is 6. The van der Waals surface area contributed by atoms with Crippen molar-refractivity contribution < 1.29 is 0 Å². The Kier molecular flexibility index (Phi) is 10.0. The molecule has 0 aromatic heterocycles. The molecule has 0 aliphatic heterocycles. The summed E-state index contributed by atoms with van der Waals surface area (Å²) in [6.45, 7) is 0. The minimum atomic E-state index is 0.761. The summed E-state index contributed by atoms with van der Waals surface area (Å²) >= 11 is 16.2. The van der Waals surface area contributed by atoms with Crippen molar-refractivity contribution in [1.82, 2.24) is 0 Å². The SMILES string of the molecule is SCc1ccccc1Sc1ccc(SCSc2ccc(Sc3ccccc3CS)cc2)cc1. The Hall–Kier alpha value is -1.02. The summed E-state index contributed by atoms with van der Waals surface area (Å²) in [5.74, 6) is 1.52. The molecule has 0 aliphatic carbocycles. The van der Waals surface area contributed by atoms with Gasteiger partial charge in [0.25, 0.3) is 0 Å². The average molecular weight is 541 g/mol. The minimum absolute atomic E-state index is 0.761. The van der Waals surface area contributed by atoms with Crippen LogP contribution in [0.2, 0.25) is 0 Å². The molecule has 0 amide bonds. The van der Waals surface area contributed by atoms with Gasteiger partial charge >= 0.3 is 0 Å². The second kappa shape index (κ2) is 13.2. The second-order valence-corrected chi connectivity index (χ2v) is 12.4. The predicted octanol–water partition coefficient (Wildman–Crippen LogP) is 9.69. The van der Waals surface area contributed by atoms with Gasteiger partial charge in [0.05, 0.1) is 0 Å². The molecule has 0 saturated carbocycles. The van der Waals surface area contributed by atoms with Crippen LogP contribution in [0.1, 0.15) is 11.1 Å². The van der Waals surface area contributed by atoms with Gasteiger partial charge in [-0.25, -0.2) is 0 Å². The third-order valence-corrected chi connectivity index (χ3v) is 9.93. The van der Waals surface area contributed by atoms with Crippen molar-refractivity contribution in [3.63, 3.8) is 0 Å². The monoisotopic (exact) mass is 540 g/mol. The van der Waals surface area contributed by atoms with Gasteiger partial charge in [0, 0.05) is 46.0 Å². The van der Waals surface area contributed by atoms with Crippen LogP contribution >= 0.6 is 72.3 Å². The Bertz CT molecular complexity index is 1060. The highest BCUT2D eigenvalue weighted by Crippen LogP contribution is 2.35. The van der Waals surface area contributed by atoms with Gasteiger partial charge in [0.2, 0.25) is 0 Å². The van der Waals surface area contributed by atoms with Gasteiger partial charge < -0.3 is 0 Å². The van der Waals surface area contributed by atoms with Gasteiger partial charge in [-0.15, -0.1) is 23.5 Å². The fraction of sp³-hybridized carbons (Fsp3) is 0.111. The maximum atomic E-state index is 4.44. The summed E-state index contributed by atoms with van der Waals surface area (Å²) in [7, 11) is 0. The summed E-state index contributed by atoms with van der Waals surface area (Å²) in [6, 6.07) is 34.6. The lowest BCUT2D eigenvalue weighted by molar-refractivity contribution is 1.26. The van der Waals surface area contributed by atoms with Crippen molar-refractivity contribution in [1.29, 1.82) is 0 Å². The molecule has 0 nitrogen and oxygen atoms in total. The normalized spacial score (nSPS) is 11.0. The first kappa shape index (κ1) is 25.1. The number of thioether (sulfide) groups is 2. The van der Waals surface area contributed by atoms with Crippen molar-refractivity contribution >= 4 is 72.3 Å². The molecule has 0 bridgehead atoms. The van der Waals surface area contributed by atoms with E-state index in [9.17, 15) is 0 Å². The van der Waals surface area contributed by atoms with E-state index in [1.54, 1.807) is 23.5 Å². The van der Waals surface area contributed by atoms with E-state index < -0.39 is 0 Å². The van der Waals surface area contributed by atoms with Crippen LogP contribution in [0.15, 0.2) is 126 Å². The first-order chi connectivity index (χ1) is 16.2. The average Bonchev–Trinajstić information content (AvgIpc) is 2.87. The van der Waals surface area contributed by atoms with Gasteiger partial charge in [0.15, 0.2) is 0 Å². The van der Waals surface area contributed by atoms with Crippen LogP contribution in [0.5, 0.6) is 0 Å². The first-order valence-electron chi connectivity index (χ1n) is 10.4. The van der Waals surface area contributed by atoms with Crippen molar-refractivity contribution in [3.05, 3.63) is 108 Å². The molecule has 0 saturated heterocycles. The highest BCUT2D eigenvalue weighted by atomic mass is 32.2. The van der Waals surface area contributed by atoms with E-state index in [0.29, 0.717) is 0 Å². The largest absolute Gasteiger partial charge is 0.175 e. The molecule has 4 rings (SSSR count). The van der Waals surface area contributed by atoms with E-state index in [4.69, 9.17) is 0 Å². The zero-order valence-electron chi connectivity index (χ0n) is 17.9. The van der Waals surface area contributed by atoms with Gasteiger partial charge in [0.1, 0.15) is 0 Å². The Morgan fingerprint density at radius 1 is 0.455 bits per heavy atom. The van der Waals surface area contributed by atoms with Crippen LogP contribution in [-0.2, 0) is 11.5 Å². The van der Waals surface area contributed by atoms with Gasteiger partial charge in [-0.05, 0) is 71.8 Å². The van der Waals surface area contributed by atoms with E-state index in [-0.39, 0.29) is 0 Å². The van der Waals surface area contributed by atoms with Crippen LogP contribution in [-0.4, -0.2) is 5.08 Å². The molecular weight excluding hydrogens is 517 g/mol. The summed E-state index contributed by atoms with van der Waals surface area (Å²) in [6.07, 6.45) is 0. The standard InChI is InChI=1S/C27H24S6/c28-17-20-5-1-3-7-26(20)32-24-13-9-22(10-14-24)30-19-31-23-11-15-25(16-12-23)33-27-8-4-2-6-21(27)18-29/h1-16,28-29H,17-19H2. The number of thiol groups is 2. The van der Waals surface area contributed by atoms with Crippen molar-refractivity contribution in [3.8, 4) is 0 Å². The summed E-state index contributed by atoms with van der Waals surface area (Å²) < 4.78 is 0. The molecular formula is C27H24S6. The van der Waals surface area contributed by atoms with Crippen molar-refractivity contribution in [2.75, 3.05) is 5.08 Å². The number of rotatable bonds is 10. The predicted molar refractivity (Wildman–Crippen MR) is 156 cm³/mol. The lowest BCUT2D eigenvalue weighted by atomic mass is 10.2. The molecule has 0 spiro atoms. The van der Waals surface area contributed by atoms with E-state index in [0.717, 1.165) is 16.6 Å². The molecule has 0 unspecified atom stereocenters. The molecule has 0 N–H and O–H groups in total. The maximum Gasteiger partial charge on any atom is 0.0486 e. The third kappa shape index (κ3) is 7.48. The number of benzene rings is 4. The Morgan fingerprint density at radius 2 is 0.818 bits per heavy atom. The third-order valence-electron chi connectivity index (χ3n) is 4.84. The fourth-order valence-corrected chi connectivity index (χ4v) is 7.73. The topological polar surface area (TPSA) is 0 Å². The van der Waals surface area contributed by atoms with Gasteiger partial charge in [-0.1, -0.05) is 59.9 Å². The Morgan fingerprint density at radius 3 is 1.21 bits per heavy atom. The maximum absolute atomic E-state index is 4.44. The Labute approximate surface area is 225 Å². The summed E-state index contributed by atoms with van der Waals surface area (Å²) in [4.78, 5) is 7.66. The first-order valence-corrected chi connectivity index (χ1v) is 15.3. The van der Waals surface area contributed by atoms with Crippen LogP contribution in [0.4, 0.5) is 0 Å². The molecule has 0 fully saturated rings. The highest BCUT2D eigenvalue weighted by Gasteiger charge is 2.05. The molecule has 0 aliphatic rings. The quantitative estimate of drug-likeness (QED) is 0.117. The molecule has 4 aromatic carbocycles. The van der Waals surface area contributed by atoms with Crippen LogP contribution in [0, 0.1) is 0 Å². The van der Waals surface area contributed by atoms with E-state index in [1.165, 1.54) is 40.5 Å². The van der Waals surface area contributed by atoms with Crippen LogP contribution < -0.4 is 0 Å². The zero-order chi connectivity index (χ0) is 22.9.